The Hall–Kier alpha value is -1.42. The van der Waals surface area contributed by atoms with Crippen molar-refractivity contribution in [2.75, 3.05) is 5.73 Å². The van der Waals surface area contributed by atoms with Crippen LogP contribution in [0.3, 0.4) is 0 Å². The van der Waals surface area contributed by atoms with Crippen molar-refractivity contribution in [2.24, 2.45) is 9.98 Å². The van der Waals surface area contributed by atoms with Crippen molar-refractivity contribution in [3.05, 3.63) is 27.9 Å². The number of rotatable bonds is 0. The van der Waals surface area contributed by atoms with E-state index in [0.29, 0.717) is 21.4 Å². The van der Waals surface area contributed by atoms with Gasteiger partial charge in [-0.2, -0.15) is 9.98 Å². The van der Waals surface area contributed by atoms with Gasteiger partial charge in [-0.1, -0.05) is 11.6 Å². The van der Waals surface area contributed by atoms with Gasteiger partial charge in [0.1, 0.15) is 5.36 Å². The molecule has 0 bridgehead atoms. The fourth-order valence-corrected chi connectivity index (χ4v) is 1.26. The molecule has 1 heterocycles. The molecular weight excluding hydrogens is 178 g/mol. The molecule has 1 aliphatic heterocycles. The highest BCUT2D eigenvalue weighted by atomic mass is 35.5. The molecule has 1 aromatic rings. The van der Waals surface area contributed by atoms with Crippen LogP contribution in [0.1, 0.15) is 0 Å². The Kier molecular flexibility index (Phi) is 1.38. The van der Waals surface area contributed by atoms with Gasteiger partial charge in [-0.25, -0.2) is 4.79 Å². The summed E-state index contributed by atoms with van der Waals surface area (Å²) < 4.78 is 0. The smallest absolute Gasteiger partial charge is 0.368 e. The van der Waals surface area contributed by atoms with Crippen LogP contribution in [-0.2, 0) is 0 Å². The highest BCUT2D eigenvalue weighted by Gasteiger charge is 2.07. The lowest BCUT2D eigenvalue weighted by molar-refractivity contribution is 0.256. The van der Waals surface area contributed by atoms with Crippen LogP contribution in [0.15, 0.2) is 22.1 Å². The summed E-state index contributed by atoms with van der Waals surface area (Å²) in [7, 11) is 0. The number of hydrogen-bond acceptors (Lipinski definition) is 2. The molecular formula is C7H4ClN3O. The van der Waals surface area contributed by atoms with Crippen LogP contribution in [0.2, 0.25) is 5.02 Å². The Labute approximate surface area is 72.4 Å². The minimum absolute atomic E-state index is 0.382. The van der Waals surface area contributed by atoms with Gasteiger partial charge in [0.2, 0.25) is 0 Å². The average molecular weight is 182 g/mol. The number of fused-ring (bicyclic) bond motifs is 1. The molecule has 0 fully saturated rings. The number of anilines is 1. The molecule has 2 amide bonds. The molecule has 0 radical (unpaired) electrons. The van der Waals surface area contributed by atoms with Crippen molar-refractivity contribution in [3.63, 3.8) is 0 Å². The van der Waals surface area contributed by atoms with E-state index in [9.17, 15) is 4.79 Å². The van der Waals surface area contributed by atoms with Crippen molar-refractivity contribution in [3.8, 4) is 0 Å². The number of nitrogens with zero attached hydrogens (tertiary/aromatic N) is 2. The Balaban J connectivity index is 2.95. The van der Waals surface area contributed by atoms with Gasteiger partial charge in [0.05, 0.1) is 11.0 Å². The van der Waals surface area contributed by atoms with Crippen LogP contribution in [0.25, 0.3) is 0 Å². The van der Waals surface area contributed by atoms with Crippen molar-refractivity contribution in [1.82, 2.24) is 0 Å². The number of nitrogen functional groups attached to an aromatic ring is 1. The van der Waals surface area contributed by atoms with Gasteiger partial charge in [-0.15, -0.1) is 0 Å². The third kappa shape index (κ3) is 0.967. The molecule has 0 spiro atoms. The number of hydrogen-bond donors (Lipinski definition) is 1. The van der Waals surface area contributed by atoms with Crippen LogP contribution >= 0.6 is 11.6 Å². The number of carbonyl (C=O) groups is 1. The van der Waals surface area contributed by atoms with Gasteiger partial charge in [0.15, 0.2) is 0 Å². The number of halogens is 1. The largest absolute Gasteiger partial charge is 0.397 e. The molecule has 12 heavy (non-hydrogen) atoms. The molecule has 60 valence electrons. The van der Waals surface area contributed by atoms with Crippen LogP contribution < -0.4 is 16.4 Å². The van der Waals surface area contributed by atoms with Gasteiger partial charge >= 0.3 is 6.03 Å². The Bertz CT molecular complexity index is 480. The summed E-state index contributed by atoms with van der Waals surface area (Å²) in [6.07, 6.45) is 0. The van der Waals surface area contributed by atoms with Crippen molar-refractivity contribution in [1.29, 1.82) is 0 Å². The number of benzene rings is 1. The molecule has 2 N–H and O–H groups in total. The summed E-state index contributed by atoms with van der Waals surface area (Å²) in [5.74, 6) is 0. The summed E-state index contributed by atoms with van der Waals surface area (Å²) in [6.45, 7) is 0. The lowest BCUT2D eigenvalue weighted by atomic mass is 10.3. The Morgan fingerprint density at radius 2 is 2.08 bits per heavy atom. The van der Waals surface area contributed by atoms with E-state index in [1.165, 1.54) is 6.07 Å². The Morgan fingerprint density at radius 3 is 2.83 bits per heavy atom. The van der Waals surface area contributed by atoms with Gasteiger partial charge in [0.25, 0.3) is 0 Å². The molecule has 0 aromatic heterocycles. The summed E-state index contributed by atoms with van der Waals surface area (Å²) >= 11 is 5.68. The first-order chi connectivity index (χ1) is 5.66. The topological polar surface area (TPSA) is 67.8 Å². The fourth-order valence-electron chi connectivity index (χ4n) is 1.04. The number of amides is 2. The summed E-state index contributed by atoms with van der Waals surface area (Å²) in [5, 5.41) is 1.33. The van der Waals surface area contributed by atoms with E-state index in [-0.39, 0.29) is 0 Å². The first-order valence-corrected chi connectivity index (χ1v) is 3.61. The van der Waals surface area contributed by atoms with Crippen molar-refractivity contribution in [2.45, 2.75) is 0 Å². The van der Waals surface area contributed by atoms with Crippen molar-refractivity contribution < 1.29 is 4.79 Å². The predicted octanol–water partition coefficient (Wildman–Crippen LogP) is 0.295. The maximum absolute atomic E-state index is 10.7. The molecule has 0 saturated heterocycles. The van der Waals surface area contributed by atoms with Gasteiger partial charge in [0, 0.05) is 5.02 Å². The zero-order valence-electron chi connectivity index (χ0n) is 5.91. The van der Waals surface area contributed by atoms with Gasteiger partial charge in [-0.05, 0) is 12.1 Å². The lowest BCUT2D eigenvalue weighted by Crippen LogP contribution is -2.24. The molecule has 1 aromatic carbocycles. The van der Waals surface area contributed by atoms with Gasteiger partial charge < -0.3 is 5.73 Å². The monoisotopic (exact) mass is 181 g/mol. The second-order valence-corrected chi connectivity index (χ2v) is 2.81. The standard InChI is InChI=1S/C7H4ClN3O/c8-3-1-4(9)6-5(2-3)10-7(12)11-6/h1-2H,9H2. The van der Waals surface area contributed by atoms with E-state index >= 15 is 0 Å². The van der Waals surface area contributed by atoms with E-state index in [1.54, 1.807) is 6.07 Å². The second kappa shape index (κ2) is 2.28. The summed E-state index contributed by atoms with van der Waals surface area (Å²) in [6, 6.07) is 2.57. The zero-order valence-corrected chi connectivity index (χ0v) is 6.67. The van der Waals surface area contributed by atoms with Crippen LogP contribution in [0.5, 0.6) is 0 Å². The van der Waals surface area contributed by atoms with E-state index in [4.69, 9.17) is 17.3 Å². The fraction of sp³-hybridized carbons (Fsp3) is 0. The number of carbonyl (C=O) groups excluding carboxylic acids is 1. The zero-order chi connectivity index (χ0) is 8.72. The first-order valence-electron chi connectivity index (χ1n) is 3.23. The third-order valence-electron chi connectivity index (χ3n) is 1.51. The average Bonchev–Trinajstić information content (AvgIpc) is 2.29. The van der Waals surface area contributed by atoms with E-state index in [0.717, 1.165) is 0 Å². The van der Waals surface area contributed by atoms with Gasteiger partial charge in [-0.3, -0.25) is 0 Å². The highest BCUT2D eigenvalue weighted by Crippen LogP contribution is 2.06. The van der Waals surface area contributed by atoms with Crippen molar-refractivity contribution >= 4 is 23.3 Å². The summed E-state index contributed by atoms with van der Waals surface area (Å²) in [5.41, 5.74) is 5.93. The SMILES string of the molecule is Nc1cc(Cl)cc2c1=NC(=O)N=2. The maximum Gasteiger partial charge on any atom is 0.368 e. The minimum Gasteiger partial charge on any atom is -0.397 e. The highest BCUT2D eigenvalue weighted by molar-refractivity contribution is 6.30. The molecule has 0 atom stereocenters. The normalized spacial score (nSPS) is 13.6. The summed E-state index contributed by atoms with van der Waals surface area (Å²) in [4.78, 5) is 17.9. The minimum atomic E-state index is -0.529. The quantitative estimate of drug-likeness (QED) is 0.585. The molecule has 4 nitrogen and oxygen atoms in total. The maximum atomic E-state index is 10.7. The Morgan fingerprint density at radius 1 is 1.33 bits per heavy atom. The molecule has 2 rings (SSSR count). The van der Waals surface area contributed by atoms with Crippen LogP contribution in [0, 0.1) is 0 Å². The lowest BCUT2D eigenvalue weighted by Gasteiger charge is -1.91. The third-order valence-corrected chi connectivity index (χ3v) is 1.73. The van der Waals surface area contributed by atoms with Crippen LogP contribution in [0.4, 0.5) is 10.5 Å². The molecule has 0 saturated carbocycles. The first kappa shape index (κ1) is 7.24. The van der Waals surface area contributed by atoms with E-state index < -0.39 is 6.03 Å². The number of urea groups is 1. The molecule has 1 aliphatic rings. The number of nitrogens with two attached hydrogens (primary N) is 1. The predicted molar refractivity (Wildman–Crippen MR) is 43.6 cm³/mol. The van der Waals surface area contributed by atoms with Crippen LogP contribution in [-0.4, -0.2) is 6.03 Å². The second-order valence-electron chi connectivity index (χ2n) is 2.37. The molecule has 0 aliphatic carbocycles. The molecule has 5 heteroatoms. The van der Waals surface area contributed by atoms with E-state index in [2.05, 4.69) is 9.98 Å². The molecule has 0 unspecified atom stereocenters. The van der Waals surface area contributed by atoms with E-state index in [1.807, 2.05) is 0 Å².